The Morgan fingerprint density at radius 3 is 2.40 bits per heavy atom. The number of nitrogens with zero attached hydrogens (tertiary/aromatic N) is 2. The Balaban J connectivity index is 1.32. The van der Waals surface area contributed by atoms with E-state index in [9.17, 15) is 27.9 Å². The highest BCUT2D eigenvalue weighted by molar-refractivity contribution is 5.90. The van der Waals surface area contributed by atoms with E-state index in [0.717, 1.165) is 33.4 Å². The van der Waals surface area contributed by atoms with Gasteiger partial charge in [0, 0.05) is 37.7 Å². The summed E-state index contributed by atoms with van der Waals surface area (Å²) in [4.78, 5) is 27.5. The van der Waals surface area contributed by atoms with E-state index in [1.54, 1.807) is 0 Å². The molecule has 5 atom stereocenters. The zero-order chi connectivity index (χ0) is 34.4. The van der Waals surface area contributed by atoms with Gasteiger partial charge in [-0.25, -0.2) is 0 Å². The van der Waals surface area contributed by atoms with Crippen molar-refractivity contribution in [3.8, 4) is 11.1 Å². The van der Waals surface area contributed by atoms with Crippen molar-refractivity contribution in [1.29, 1.82) is 0 Å². The molecule has 48 heavy (non-hydrogen) atoms. The summed E-state index contributed by atoms with van der Waals surface area (Å²) in [5.41, 5.74) is 5.16. The monoisotopic (exact) mass is 665 g/mol. The van der Waals surface area contributed by atoms with Crippen LogP contribution in [-0.2, 0) is 32.2 Å². The van der Waals surface area contributed by atoms with Crippen molar-refractivity contribution >= 4 is 11.8 Å². The zero-order valence-corrected chi connectivity index (χ0v) is 27.2. The second-order valence-electron chi connectivity index (χ2n) is 12.5. The first-order valence-electron chi connectivity index (χ1n) is 16.1. The van der Waals surface area contributed by atoms with Crippen molar-refractivity contribution < 1.29 is 37.3 Å². The second-order valence-corrected chi connectivity index (χ2v) is 12.5. The van der Waals surface area contributed by atoms with E-state index in [2.05, 4.69) is 23.7 Å². The molecule has 2 aliphatic rings. The molecule has 2 N–H and O–H groups in total. The molecule has 11 heteroatoms. The molecule has 0 aliphatic carbocycles. The molecule has 0 unspecified atom stereocenters. The minimum absolute atomic E-state index is 0.0357. The first kappa shape index (κ1) is 35.3. The van der Waals surface area contributed by atoms with Crippen LogP contribution in [0.4, 0.5) is 13.2 Å². The normalized spacial score (nSPS) is 22.9. The Hall–Kier alpha value is -4.03. The number of carbonyl (C=O) groups is 2. The maximum absolute atomic E-state index is 13.1. The van der Waals surface area contributed by atoms with Crippen LogP contribution in [0.1, 0.15) is 54.4 Å². The van der Waals surface area contributed by atoms with E-state index >= 15 is 0 Å². The average Bonchev–Trinajstić information content (AvgIpc) is 3.58. The van der Waals surface area contributed by atoms with Crippen LogP contribution in [0.3, 0.4) is 0 Å². The number of amides is 2. The summed E-state index contributed by atoms with van der Waals surface area (Å²) in [5, 5.41) is 12.3. The number of benzene rings is 3. The Morgan fingerprint density at radius 2 is 1.73 bits per heavy atom. The summed E-state index contributed by atoms with van der Waals surface area (Å²) in [6.45, 7) is 7.31. The lowest BCUT2D eigenvalue weighted by Crippen LogP contribution is -2.50. The lowest BCUT2D eigenvalue weighted by atomic mass is 9.90. The van der Waals surface area contributed by atoms with Gasteiger partial charge in [0.15, 0.2) is 6.29 Å². The van der Waals surface area contributed by atoms with Crippen LogP contribution in [0.15, 0.2) is 85.5 Å². The number of hydrogen-bond acceptors (Lipinski definition) is 6. The summed E-state index contributed by atoms with van der Waals surface area (Å²) in [7, 11) is 2.02. The number of rotatable bonds is 11. The number of halogens is 3. The maximum atomic E-state index is 13.1. The molecule has 0 bridgehead atoms. The third-order valence-electron chi connectivity index (χ3n) is 9.08. The number of hydrogen-bond donors (Lipinski definition) is 2. The molecular weight excluding hydrogens is 623 g/mol. The highest BCUT2D eigenvalue weighted by Crippen LogP contribution is 2.42. The van der Waals surface area contributed by atoms with Gasteiger partial charge in [0.1, 0.15) is 6.04 Å². The number of likely N-dealkylation sites (N-methyl/N-ethyl adjacent to an activating group) is 1. The summed E-state index contributed by atoms with van der Waals surface area (Å²) in [6, 6.07) is 21.9. The summed E-state index contributed by atoms with van der Waals surface area (Å²) < 4.78 is 52.3. The van der Waals surface area contributed by atoms with E-state index in [0.29, 0.717) is 24.4 Å². The highest BCUT2D eigenvalue weighted by Gasteiger charge is 2.47. The van der Waals surface area contributed by atoms with Crippen LogP contribution >= 0.6 is 0 Å². The van der Waals surface area contributed by atoms with Crippen molar-refractivity contribution in [3.63, 3.8) is 0 Å². The quantitative estimate of drug-likeness (QED) is 0.247. The van der Waals surface area contributed by atoms with Gasteiger partial charge in [-0.15, -0.1) is 6.58 Å². The molecule has 3 aromatic rings. The fourth-order valence-electron chi connectivity index (χ4n) is 6.45. The first-order chi connectivity index (χ1) is 23.0. The van der Waals surface area contributed by atoms with Gasteiger partial charge in [-0.05, 0) is 47.7 Å². The Bertz CT molecular complexity index is 1560. The third kappa shape index (κ3) is 8.15. The minimum atomic E-state index is -5.02. The molecule has 2 saturated heterocycles. The van der Waals surface area contributed by atoms with E-state index in [1.165, 1.54) is 0 Å². The Labute approximate surface area is 279 Å². The number of carbonyl (C=O) groups excluding carboxylic acids is 2. The number of likely N-dealkylation sites (tertiary alicyclic amines) is 1. The molecule has 2 aliphatic heterocycles. The number of ether oxygens (including phenoxy) is 2. The topological polar surface area (TPSA) is 91.3 Å². The SMILES string of the molecule is C=CCN(C)C[C@H]1O[C@@H](c2ccc(-c3ccccc3CNC(=O)[C@@H]3CCCN3C(=O)C(F)(F)F)cc2)O[C@@H](c2ccc(CO)cc2)[C@H]1C. The van der Waals surface area contributed by atoms with Crippen LogP contribution in [0.25, 0.3) is 11.1 Å². The largest absolute Gasteiger partial charge is 0.471 e. The minimum Gasteiger partial charge on any atom is -0.392 e. The molecule has 0 aromatic heterocycles. The van der Waals surface area contributed by atoms with Gasteiger partial charge >= 0.3 is 12.1 Å². The average molecular weight is 666 g/mol. The van der Waals surface area contributed by atoms with Gasteiger partial charge in [-0.1, -0.05) is 85.8 Å². The number of aliphatic hydroxyl groups is 1. The fraction of sp³-hybridized carbons (Fsp3) is 0.405. The molecule has 0 radical (unpaired) electrons. The predicted octanol–water partition coefficient (Wildman–Crippen LogP) is 5.92. The molecule has 8 nitrogen and oxygen atoms in total. The standard InChI is InChI=1S/C37H42F3N3O5/c1-4-19-42(3)22-32-24(2)33(27-13-11-25(23-44)12-14-27)48-35(47-32)28-17-15-26(16-18-28)30-9-6-5-8-29(30)21-41-34(45)31-10-7-20-43(31)36(46)37(38,39)40/h4-6,8-9,11-18,24,31-33,35,44H,1,7,10,19-23H2,2-3H3,(H,41,45)/t24-,31-,32+,33+,35+/m0/s1. The first-order valence-corrected chi connectivity index (χ1v) is 16.1. The lowest BCUT2D eigenvalue weighted by Gasteiger charge is -2.42. The van der Waals surface area contributed by atoms with Crippen LogP contribution in [-0.4, -0.2) is 71.7 Å². The van der Waals surface area contributed by atoms with Crippen molar-refractivity contribution in [2.45, 2.75) is 63.6 Å². The van der Waals surface area contributed by atoms with Crippen LogP contribution in [0.2, 0.25) is 0 Å². The van der Waals surface area contributed by atoms with E-state index in [4.69, 9.17) is 9.47 Å². The third-order valence-corrected chi connectivity index (χ3v) is 9.08. The molecule has 256 valence electrons. The molecule has 2 amide bonds. The van der Waals surface area contributed by atoms with Gasteiger partial charge in [-0.2, -0.15) is 13.2 Å². The summed E-state index contributed by atoms with van der Waals surface area (Å²) in [6.07, 6.45) is -3.67. The van der Waals surface area contributed by atoms with E-state index in [1.807, 2.05) is 85.9 Å². The molecular formula is C37H42F3N3O5. The lowest BCUT2D eigenvalue weighted by molar-refractivity contribution is -0.275. The van der Waals surface area contributed by atoms with Gasteiger partial charge in [0.05, 0.1) is 18.8 Å². The van der Waals surface area contributed by atoms with Gasteiger partial charge < -0.3 is 29.7 Å². The van der Waals surface area contributed by atoms with Crippen molar-refractivity contribution in [2.75, 3.05) is 26.7 Å². The molecule has 5 rings (SSSR count). The van der Waals surface area contributed by atoms with Crippen molar-refractivity contribution in [1.82, 2.24) is 15.1 Å². The van der Waals surface area contributed by atoms with Crippen LogP contribution in [0.5, 0.6) is 0 Å². The van der Waals surface area contributed by atoms with E-state index in [-0.39, 0.29) is 44.2 Å². The van der Waals surface area contributed by atoms with Gasteiger partial charge in [-0.3, -0.25) is 9.59 Å². The molecule has 0 saturated carbocycles. The predicted molar refractivity (Wildman–Crippen MR) is 175 cm³/mol. The van der Waals surface area contributed by atoms with Crippen molar-refractivity contribution in [3.05, 3.63) is 108 Å². The maximum Gasteiger partial charge on any atom is 0.471 e. The van der Waals surface area contributed by atoms with Crippen LogP contribution < -0.4 is 5.32 Å². The van der Waals surface area contributed by atoms with Crippen LogP contribution in [0, 0.1) is 5.92 Å². The second kappa shape index (κ2) is 15.5. The number of nitrogens with one attached hydrogen (secondary N) is 1. The fourth-order valence-corrected chi connectivity index (χ4v) is 6.45. The molecule has 0 spiro atoms. The Kier molecular flexibility index (Phi) is 11.4. The number of aliphatic hydroxyl groups excluding tert-OH is 1. The van der Waals surface area contributed by atoms with Gasteiger partial charge in [0.2, 0.25) is 5.91 Å². The summed E-state index contributed by atoms with van der Waals surface area (Å²) in [5.74, 6) is -2.55. The smallest absolute Gasteiger partial charge is 0.392 e. The number of alkyl halides is 3. The highest BCUT2D eigenvalue weighted by atomic mass is 19.4. The Morgan fingerprint density at radius 1 is 1.04 bits per heavy atom. The van der Waals surface area contributed by atoms with Crippen molar-refractivity contribution in [2.24, 2.45) is 5.92 Å². The van der Waals surface area contributed by atoms with E-state index < -0.39 is 30.3 Å². The summed E-state index contributed by atoms with van der Waals surface area (Å²) >= 11 is 0. The van der Waals surface area contributed by atoms with Gasteiger partial charge in [0.25, 0.3) is 0 Å². The molecule has 3 aromatic carbocycles. The molecule has 2 fully saturated rings. The zero-order valence-electron chi connectivity index (χ0n) is 27.2. The molecule has 2 heterocycles.